The highest BCUT2D eigenvalue weighted by atomic mass is 19.1. The first-order valence-electron chi connectivity index (χ1n) is 6.78. The van der Waals surface area contributed by atoms with Crippen LogP contribution in [0.2, 0.25) is 0 Å². The first-order valence-corrected chi connectivity index (χ1v) is 6.78. The lowest BCUT2D eigenvalue weighted by Crippen LogP contribution is -2.10. The van der Waals surface area contributed by atoms with Crippen molar-refractivity contribution in [3.8, 4) is 5.75 Å². The molecule has 0 aliphatic rings. The number of benzene rings is 1. The predicted molar refractivity (Wildman–Crippen MR) is 76.3 cm³/mol. The van der Waals surface area contributed by atoms with Crippen molar-refractivity contribution >= 4 is 0 Å². The van der Waals surface area contributed by atoms with Crippen LogP contribution in [-0.4, -0.2) is 6.54 Å². The lowest BCUT2D eigenvalue weighted by molar-refractivity contribution is 0.300. The Hall–Kier alpha value is -1.81. The maximum absolute atomic E-state index is 13.0. The van der Waals surface area contributed by atoms with E-state index in [2.05, 4.69) is 12.2 Å². The maximum atomic E-state index is 13.0. The summed E-state index contributed by atoms with van der Waals surface area (Å²) < 4.78 is 24.4. The molecule has 0 aliphatic carbocycles. The summed E-state index contributed by atoms with van der Waals surface area (Å²) in [6.07, 6.45) is 0. The van der Waals surface area contributed by atoms with E-state index < -0.39 is 0 Å². The van der Waals surface area contributed by atoms with Gasteiger partial charge in [0.25, 0.3) is 0 Å². The van der Waals surface area contributed by atoms with Crippen molar-refractivity contribution < 1.29 is 13.5 Å². The van der Waals surface area contributed by atoms with Gasteiger partial charge in [0.15, 0.2) is 0 Å². The molecule has 0 amide bonds. The number of hydrogen-bond acceptors (Lipinski definition) is 3. The smallest absolute Gasteiger partial charge is 0.123 e. The van der Waals surface area contributed by atoms with Crippen molar-refractivity contribution in [3.63, 3.8) is 0 Å². The fourth-order valence-corrected chi connectivity index (χ4v) is 2.00. The molecule has 0 spiro atoms. The molecule has 1 heterocycles. The predicted octanol–water partition coefficient (Wildman–Crippen LogP) is 3.72. The first kappa shape index (κ1) is 14.6. The van der Waals surface area contributed by atoms with Gasteiger partial charge in [-0.25, -0.2) is 4.39 Å². The molecule has 0 aliphatic heterocycles. The lowest BCUT2D eigenvalue weighted by atomic mass is 10.2. The maximum Gasteiger partial charge on any atom is 0.123 e. The van der Waals surface area contributed by atoms with Crippen LogP contribution < -0.4 is 10.1 Å². The third kappa shape index (κ3) is 3.61. The molecule has 2 rings (SSSR count). The van der Waals surface area contributed by atoms with Gasteiger partial charge in [-0.3, -0.25) is 0 Å². The molecule has 4 heteroatoms. The Morgan fingerprint density at radius 3 is 2.75 bits per heavy atom. The van der Waals surface area contributed by atoms with Crippen LogP contribution >= 0.6 is 0 Å². The van der Waals surface area contributed by atoms with Crippen molar-refractivity contribution in [2.75, 3.05) is 6.54 Å². The van der Waals surface area contributed by atoms with E-state index in [1.54, 1.807) is 6.07 Å². The van der Waals surface area contributed by atoms with Gasteiger partial charge in [-0.15, -0.1) is 0 Å². The van der Waals surface area contributed by atoms with Crippen LogP contribution in [0.5, 0.6) is 5.75 Å². The third-order valence-electron chi connectivity index (χ3n) is 3.14. The van der Waals surface area contributed by atoms with Gasteiger partial charge in [0.2, 0.25) is 0 Å². The molecular formula is C16H20FNO2. The van der Waals surface area contributed by atoms with Gasteiger partial charge in [0.05, 0.1) is 6.54 Å². The summed E-state index contributed by atoms with van der Waals surface area (Å²) in [6.45, 7) is 7.85. The largest absolute Gasteiger partial charge is 0.489 e. The van der Waals surface area contributed by atoms with E-state index >= 15 is 0 Å². The number of nitrogens with one attached hydrogen (secondary N) is 1. The standard InChI is InChI=1S/C16H20FNO2/c1-4-18-9-15-8-13(12(3)20-15)10-19-16-6-5-14(17)7-11(16)2/h5-8,18H,4,9-10H2,1-3H3. The summed E-state index contributed by atoms with van der Waals surface area (Å²) in [5.74, 6) is 2.21. The number of halogens is 1. The van der Waals surface area contributed by atoms with E-state index in [1.165, 1.54) is 12.1 Å². The molecule has 0 fully saturated rings. The van der Waals surface area contributed by atoms with E-state index in [4.69, 9.17) is 9.15 Å². The van der Waals surface area contributed by atoms with Crippen molar-refractivity contribution in [1.29, 1.82) is 0 Å². The number of rotatable bonds is 6. The SMILES string of the molecule is CCNCc1cc(COc2ccc(F)cc2C)c(C)o1. The molecule has 0 saturated carbocycles. The Bertz CT molecular complexity index is 578. The second-order valence-corrected chi connectivity index (χ2v) is 4.77. The minimum absolute atomic E-state index is 0.248. The molecule has 1 aromatic carbocycles. The highest BCUT2D eigenvalue weighted by Crippen LogP contribution is 2.22. The molecule has 2 aromatic rings. The molecule has 0 bridgehead atoms. The monoisotopic (exact) mass is 277 g/mol. The summed E-state index contributed by atoms with van der Waals surface area (Å²) in [5, 5.41) is 3.22. The molecule has 3 nitrogen and oxygen atoms in total. The van der Waals surface area contributed by atoms with Crippen molar-refractivity contribution in [2.24, 2.45) is 0 Å². The number of aryl methyl sites for hydroxylation is 2. The van der Waals surface area contributed by atoms with Gasteiger partial charge in [-0.1, -0.05) is 6.92 Å². The molecule has 1 aromatic heterocycles. The molecular weight excluding hydrogens is 257 g/mol. The second-order valence-electron chi connectivity index (χ2n) is 4.77. The fourth-order valence-electron chi connectivity index (χ4n) is 2.00. The normalized spacial score (nSPS) is 10.8. The molecule has 0 saturated heterocycles. The highest BCUT2D eigenvalue weighted by molar-refractivity contribution is 5.33. The Balaban J connectivity index is 2.01. The van der Waals surface area contributed by atoms with Gasteiger partial charge < -0.3 is 14.5 Å². The van der Waals surface area contributed by atoms with E-state index in [9.17, 15) is 4.39 Å². The van der Waals surface area contributed by atoms with Crippen molar-refractivity contribution in [1.82, 2.24) is 5.32 Å². The Kier molecular flexibility index (Phi) is 4.79. The minimum atomic E-state index is -0.248. The van der Waals surface area contributed by atoms with Crippen LogP contribution in [0.15, 0.2) is 28.7 Å². The van der Waals surface area contributed by atoms with Crippen LogP contribution in [0.1, 0.15) is 29.6 Å². The van der Waals surface area contributed by atoms with E-state index in [1.807, 2.05) is 19.9 Å². The van der Waals surface area contributed by atoms with Gasteiger partial charge in [-0.2, -0.15) is 0 Å². The molecule has 0 atom stereocenters. The van der Waals surface area contributed by atoms with Crippen molar-refractivity contribution in [2.45, 2.75) is 33.9 Å². The fraction of sp³-hybridized carbons (Fsp3) is 0.375. The van der Waals surface area contributed by atoms with Crippen LogP contribution in [-0.2, 0) is 13.2 Å². The summed E-state index contributed by atoms with van der Waals surface area (Å²) in [6, 6.07) is 6.52. The average Bonchev–Trinajstić information content (AvgIpc) is 2.76. The number of ether oxygens (including phenoxy) is 1. The topological polar surface area (TPSA) is 34.4 Å². The summed E-state index contributed by atoms with van der Waals surface area (Å²) in [5.41, 5.74) is 1.81. The minimum Gasteiger partial charge on any atom is -0.489 e. The van der Waals surface area contributed by atoms with E-state index in [0.29, 0.717) is 18.9 Å². The summed E-state index contributed by atoms with van der Waals surface area (Å²) in [7, 11) is 0. The molecule has 108 valence electrons. The van der Waals surface area contributed by atoms with Gasteiger partial charge in [0.1, 0.15) is 29.7 Å². The van der Waals surface area contributed by atoms with Crippen LogP contribution in [0, 0.1) is 19.7 Å². The average molecular weight is 277 g/mol. The molecule has 1 N–H and O–H groups in total. The second kappa shape index (κ2) is 6.57. The molecule has 0 unspecified atom stereocenters. The zero-order valence-electron chi connectivity index (χ0n) is 12.1. The van der Waals surface area contributed by atoms with Gasteiger partial charge in [0, 0.05) is 5.56 Å². The van der Waals surface area contributed by atoms with E-state index in [-0.39, 0.29) is 5.82 Å². The Morgan fingerprint density at radius 2 is 2.05 bits per heavy atom. The third-order valence-corrected chi connectivity index (χ3v) is 3.14. The Morgan fingerprint density at radius 1 is 1.25 bits per heavy atom. The first-order chi connectivity index (χ1) is 9.60. The highest BCUT2D eigenvalue weighted by Gasteiger charge is 2.09. The Labute approximate surface area is 118 Å². The lowest BCUT2D eigenvalue weighted by Gasteiger charge is -2.08. The molecule has 20 heavy (non-hydrogen) atoms. The van der Waals surface area contributed by atoms with Crippen LogP contribution in [0.3, 0.4) is 0 Å². The molecule has 0 radical (unpaired) electrons. The van der Waals surface area contributed by atoms with Crippen LogP contribution in [0.25, 0.3) is 0 Å². The van der Waals surface area contributed by atoms with Crippen LogP contribution in [0.4, 0.5) is 4.39 Å². The summed E-state index contributed by atoms with van der Waals surface area (Å²) >= 11 is 0. The van der Waals surface area contributed by atoms with Gasteiger partial charge in [-0.05, 0) is 50.2 Å². The van der Waals surface area contributed by atoms with E-state index in [0.717, 1.165) is 29.2 Å². The number of furan rings is 1. The quantitative estimate of drug-likeness (QED) is 0.873. The van der Waals surface area contributed by atoms with Crippen molar-refractivity contribution in [3.05, 3.63) is 52.7 Å². The zero-order valence-corrected chi connectivity index (χ0v) is 12.1. The summed E-state index contributed by atoms with van der Waals surface area (Å²) in [4.78, 5) is 0. The number of hydrogen-bond donors (Lipinski definition) is 1. The zero-order chi connectivity index (χ0) is 14.5. The van der Waals surface area contributed by atoms with Gasteiger partial charge >= 0.3 is 0 Å².